The van der Waals surface area contributed by atoms with Gasteiger partial charge in [0.2, 0.25) is 0 Å². The Hall–Kier alpha value is -3.66. The minimum Gasteiger partial charge on any atom is -0.493 e. The molecule has 0 bridgehead atoms. The highest BCUT2D eigenvalue weighted by Crippen LogP contribution is 2.28. The first-order valence-corrected chi connectivity index (χ1v) is 15.7. The minimum absolute atomic E-state index is 0.113. The maximum absolute atomic E-state index is 12.7. The highest BCUT2D eigenvalue weighted by Gasteiger charge is 2.20. The van der Waals surface area contributed by atoms with Crippen molar-refractivity contribution in [3.63, 3.8) is 0 Å². The van der Waals surface area contributed by atoms with Crippen LogP contribution in [0, 0.1) is 0 Å². The number of carbonyl (C=O) groups excluding carboxylic acids is 1. The zero-order chi connectivity index (χ0) is 30.2. The molecule has 0 aliphatic carbocycles. The summed E-state index contributed by atoms with van der Waals surface area (Å²) in [5.74, 6) is 2.72. The molecule has 11 heteroatoms. The average Bonchev–Trinajstić information content (AvgIpc) is 3.03. The summed E-state index contributed by atoms with van der Waals surface area (Å²) in [5.41, 5.74) is 3.85. The summed E-state index contributed by atoms with van der Waals surface area (Å²) in [7, 11) is 3.22. The van der Waals surface area contributed by atoms with E-state index in [1.807, 2.05) is 66.7 Å². The number of piperazine rings is 1. The Labute approximate surface area is 266 Å². The van der Waals surface area contributed by atoms with Gasteiger partial charge in [-0.05, 0) is 60.0 Å². The Morgan fingerprint density at radius 2 is 1.58 bits per heavy atom. The first kappa shape index (κ1) is 30.8. The van der Waals surface area contributed by atoms with E-state index in [0.29, 0.717) is 46.1 Å². The van der Waals surface area contributed by atoms with Gasteiger partial charge in [0.15, 0.2) is 16.7 Å². The van der Waals surface area contributed by atoms with Gasteiger partial charge in [-0.1, -0.05) is 59.2 Å². The molecule has 1 aliphatic heterocycles. The second-order valence-electron chi connectivity index (χ2n) is 9.97. The highest BCUT2D eigenvalue weighted by atomic mass is 35.5. The Bertz CT molecular complexity index is 1550. The van der Waals surface area contributed by atoms with Crippen molar-refractivity contribution < 1.29 is 14.3 Å². The van der Waals surface area contributed by atoms with Gasteiger partial charge in [-0.2, -0.15) is 0 Å². The summed E-state index contributed by atoms with van der Waals surface area (Å²) in [6, 6.07) is 23.1. The summed E-state index contributed by atoms with van der Waals surface area (Å²) in [5, 5.41) is 4.77. The van der Waals surface area contributed by atoms with Crippen molar-refractivity contribution in [2.24, 2.45) is 0 Å². The lowest BCUT2D eigenvalue weighted by Gasteiger charge is -2.36. The number of methoxy groups -OCH3 is 2. The number of anilines is 2. The monoisotopic (exact) mass is 637 g/mol. The third-order valence-corrected chi connectivity index (χ3v) is 8.52. The van der Waals surface area contributed by atoms with E-state index in [1.165, 1.54) is 11.8 Å². The molecule has 1 amide bonds. The SMILES string of the molecule is COc1ccc(CCNC(=O)c2ccc(CSc3nc(Cl)cc(N4CCN(c5cccc(Cl)c5)CC4)n3)cc2)cc1OC. The number of nitrogens with zero attached hydrogens (tertiary/aromatic N) is 4. The first-order chi connectivity index (χ1) is 20.9. The fourth-order valence-electron chi connectivity index (χ4n) is 4.84. The second kappa shape index (κ2) is 14.7. The van der Waals surface area contributed by atoms with Crippen LogP contribution in [0.4, 0.5) is 11.5 Å². The molecule has 2 heterocycles. The average molecular weight is 639 g/mol. The molecule has 0 radical (unpaired) electrons. The Kier molecular flexibility index (Phi) is 10.5. The lowest BCUT2D eigenvalue weighted by molar-refractivity contribution is 0.0954. The van der Waals surface area contributed by atoms with Crippen LogP contribution in [0.3, 0.4) is 0 Å². The normalized spacial score (nSPS) is 13.1. The lowest BCUT2D eigenvalue weighted by atomic mass is 10.1. The van der Waals surface area contributed by atoms with E-state index < -0.39 is 0 Å². The molecule has 3 aromatic carbocycles. The second-order valence-corrected chi connectivity index (χ2v) is 11.7. The predicted molar refractivity (Wildman–Crippen MR) is 175 cm³/mol. The molecule has 1 saturated heterocycles. The summed E-state index contributed by atoms with van der Waals surface area (Å²) < 4.78 is 10.6. The molecule has 5 rings (SSSR count). The van der Waals surface area contributed by atoms with Gasteiger partial charge in [0.1, 0.15) is 11.0 Å². The molecule has 43 heavy (non-hydrogen) atoms. The number of ether oxygens (including phenoxy) is 2. The van der Waals surface area contributed by atoms with Crippen LogP contribution in [0.2, 0.25) is 10.2 Å². The van der Waals surface area contributed by atoms with Gasteiger partial charge < -0.3 is 24.6 Å². The van der Waals surface area contributed by atoms with E-state index in [9.17, 15) is 4.79 Å². The summed E-state index contributed by atoms with van der Waals surface area (Å²) in [4.78, 5) is 26.4. The molecule has 1 N–H and O–H groups in total. The topological polar surface area (TPSA) is 79.8 Å². The van der Waals surface area contributed by atoms with Crippen LogP contribution in [-0.4, -0.2) is 62.8 Å². The molecule has 1 aromatic heterocycles. The van der Waals surface area contributed by atoms with Crippen LogP contribution in [-0.2, 0) is 12.2 Å². The van der Waals surface area contributed by atoms with Gasteiger partial charge in [0.05, 0.1) is 14.2 Å². The number of hydrogen-bond donors (Lipinski definition) is 1. The third-order valence-electron chi connectivity index (χ3n) is 7.17. The van der Waals surface area contributed by atoms with Crippen LogP contribution < -0.4 is 24.6 Å². The number of thioether (sulfide) groups is 1. The fraction of sp³-hybridized carbons (Fsp3) is 0.281. The van der Waals surface area contributed by atoms with Crippen LogP contribution in [0.1, 0.15) is 21.5 Å². The summed E-state index contributed by atoms with van der Waals surface area (Å²) in [6.45, 7) is 3.88. The summed E-state index contributed by atoms with van der Waals surface area (Å²) in [6.07, 6.45) is 0.681. The maximum atomic E-state index is 12.7. The number of carbonyl (C=O) groups is 1. The van der Waals surface area contributed by atoms with Gasteiger partial charge in [-0.3, -0.25) is 4.79 Å². The number of nitrogens with one attached hydrogen (secondary N) is 1. The Morgan fingerprint density at radius 1 is 0.860 bits per heavy atom. The van der Waals surface area contributed by atoms with Crippen LogP contribution in [0.15, 0.2) is 78.0 Å². The van der Waals surface area contributed by atoms with E-state index in [4.69, 9.17) is 37.7 Å². The van der Waals surface area contributed by atoms with Crippen molar-refractivity contribution in [3.8, 4) is 11.5 Å². The van der Waals surface area contributed by atoms with E-state index >= 15 is 0 Å². The molecule has 8 nitrogen and oxygen atoms in total. The van der Waals surface area contributed by atoms with Gasteiger partial charge in [0.25, 0.3) is 5.91 Å². The first-order valence-electron chi connectivity index (χ1n) is 13.9. The van der Waals surface area contributed by atoms with E-state index in [0.717, 1.165) is 53.8 Å². The molecule has 1 aliphatic rings. The van der Waals surface area contributed by atoms with Crippen molar-refractivity contribution in [2.45, 2.75) is 17.3 Å². The Morgan fingerprint density at radius 3 is 2.30 bits per heavy atom. The fourth-order valence-corrected chi connectivity index (χ4v) is 6.06. The molecule has 0 atom stereocenters. The number of benzene rings is 3. The van der Waals surface area contributed by atoms with Gasteiger partial charge in [0, 0.05) is 60.8 Å². The smallest absolute Gasteiger partial charge is 0.251 e. The number of amides is 1. The predicted octanol–water partition coefficient (Wildman–Crippen LogP) is 6.39. The maximum Gasteiger partial charge on any atom is 0.251 e. The number of halogens is 2. The van der Waals surface area contributed by atoms with Crippen molar-refractivity contribution in [1.29, 1.82) is 0 Å². The number of rotatable bonds is 11. The van der Waals surface area contributed by atoms with Crippen molar-refractivity contribution >= 4 is 52.4 Å². The molecular formula is C32H33Cl2N5O3S. The number of aromatic nitrogens is 2. The number of hydrogen-bond acceptors (Lipinski definition) is 8. The van der Waals surface area contributed by atoms with E-state index in [2.05, 4.69) is 26.2 Å². The van der Waals surface area contributed by atoms with Crippen molar-refractivity contribution in [1.82, 2.24) is 15.3 Å². The molecule has 4 aromatic rings. The third kappa shape index (κ3) is 8.25. The van der Waals surface area contributed by atoms with Gasteiger partial charge in [-0.25, -0.2) is 9.97 Å². The van der Waals surface area contributed by atoms with Crippen LogP contribution in [0.5, 0.6) is 11.5 Å². The highest BCUT2D eigenvalue weighted by molar-refractivity contribution is 7.98. The van der Waals surface area contributed by atoms with Crippen molar-refractivity contribution in [2.75, 3.05) is 56.7 Å². The molecule has 224 valence electrons. The molecule has 0 saturated carbocycles. The van der Waals surface area contributed by atoms with Crippen LogP contribution in [0.25, 0.3) is 0 Å². The zero-order valence-corrected chi connectivity index (χ0v) is 26.4. The van der Waals surface area contributed by atoms with E-state index in [-0.39, 0.29) is 5.91 Å². The summed E-state index contributed by atoms with van der Waals surface area (Å²) >= 11 is 14.1. The molecule has 0 spiro atoms. The van der Waals surface area contributed by atoms with E-state index in [1.54, 1.807) is 14.2 Å². The quantitative estimate of drug-likeness (QED) is 0.115. The molecular weight excluding hydrogens is 605 g/mol. The lowest BCUT2D eigenvalue weighted by Crippen LogP contribution is -2.46. The standard InChI is InChI=1S/C32H33Cl2N5O3S/c1-41-27-11-8-22(18-28(27)42-2)12-13-35-31(40)24-9-6-23(7-10-24)21-43-32-36-29(34)20-30(37-32)39-16-14-38(15-17-39)26-5-3-4-25(33)19-26/h3-11,18-20H,12-17,21H2,1-2H3,(H,35,40). The van der Waals surface area contributed by atoms with Gasteiger partial charge >= 0.3 is 0 Å². The Balaban J connectivity index is 1.11. The largest absolute Gasteiger partial charge is 0.493 e. The molecule has 1 fully saturated rings. The van der Waals surface area contributed by atoms with Crippen molar-refractivity contribution in [3.05, 3.63) is 99.7 Å². The minimum atomic E-state index is -0.113. The van der Waals surface area contributed by atoms with Gasteiger partial charge in [-0.15, -0.1) is 0 Å². The molecule has 0 unspecified atom stereocenters. The van der Waals surface area contributed by atoms with Crippen LogP contribution >= 0.6 is 35.0 Å². The zero-order valence-electron chi connectivity index (χ0n) is 24.1.